The predicted octanol–water partition coefficient (Wildman–Crippen LogP) is 2.40. The second-order valence-electron chi connectivity index (χ2n) is 5.76. The van der Waals surface area contributed by atoms with Crippen molar-refractivity contribution < 1.29 is 14.6 Å². The van der Waals surface area contributed by atoms with Crippen LogP contribution in [0.25, 0.3) is 0 Å². The van der Waals surface area contributed by atoms with Gasteiger partial charge in [0.25, 0.3) is 0 Å². The molecule has 6 heteroatoms. The minimum atomic E-state index is -0.122. The number of quaternary nitrogens is 1. The number of nitrogens with two attached hydrogens (primary N) is 1. The summed E-state index contributed by atoms with van der Waals surface area (Å²) in [5.41, 5.74) is 8.50. The van der Waals surface area contributed by atoms with E-state index in [1.165, 1.54) is 12.2 Å². The highest BCUT2D eigenvalue weighted by Gasteiger charge is 2.19. The van der Waals surface area contributed by atoms with Crippen molar-refractivity contribution in [3.63, 3.8) is 0 Å². The van der Waals surface area contributed by atoms with Gasteiger partial charge < -0.3 is 11.1 Å². The van der Waals surface area contributed by atoms with Crippen LogP contribution in [0.15, 0.2) is 53.2 Å². The molecule has 2 rings (SSSR count). The van der Waals surface area contributed by atoms with Crippen molar-refractivity contribution in [2.45, 2.75) is 13.8 Å². The zero-order chi connectivity index (χ0) is 17.6. The van der Waals surface area contributed by atoms with E-state index in [1.54, 1.807) is 6.08 Å². The molecule has 1 aromatic rings. The Morgan fingerprint density at radius 1 is 1.17 bits per heavy atom. The number of anilines is 1. The number of carbonyl (C=O) groups is 1. The highest BCUT2D eigenvalue weighted by atomic mass is 16.5. The van der Waals surface area contributed by atoms with Crippen LogP contribution in [0.1, 0.15) is 13.8 Å². The van der Waals surface area contributed by atoms with E-state index in [9.17, 15) is 10.0 Å². The fourth-order valence-corrected chi connectivity index (χ4v) is 2.38. The van der Waals surface area contributed by atoms with Gasteiger partial charge in [0.1, 0.15) is 19.6 Å². The van der Waals surface area contributed by atoms with Crippen LogP contribution >= 0.6 is 0 Å². The Bertz CT molecular complexity index is 671. The number of rotatable bonds is 7. The Labute approximate surface area is 142 Å². The fourth-order valence-electron chi connectivity index (χ4n) is 2.38. The van der Waals surface area contributed by atoms with E-state index in [1.807, 2.05) is 38.1 Å². The highest BCUT2D eigenvalue weighted by molar-refractivity contribution is 6.19. The monoisotopic (exact) mass is 329 g/mol. The average molecular weight is 329 g/mol. The van der Waals surface area contributed by atoms with Crippen molar-refractivity contribution in [1.29, 1.82) is 0 Å². The van der Waals surface area contributed by atoms with Gasteiger partial charge in [-0.1, -0.05) is 0 Å². The number of nitrogens with zero attached hydrogens (tertiary/aromatic N) is 2. The Morgan fingerprint density at radius 3 is 2.42 bits per heavy atom. The molecule has 0 heterocycles. The number of hydroxylamine groups is 3. The van der Waals surface area contributed by atoms with Gasteiger partial charge in [0, 0.05) is 11.8 Å². The fraction of sp³-hybridized carbons (Fsp3) is 0.333. The second-order valence-corrected chi connectivity index (χ2v) is 5.76. The SMILES string of the molecule is CC[N+](O)(CC)CCNc1ccc(N=C2C=CC(=O)C=C2N)cc1. The van der Waals surface area contributed by atoms with Gasteiger partial charge in [-0.25, -0.2) is 10.2 Å². The van der Waals surface area contributed by atoms with Gasteiger partial charge in [-0.05, 0) is 50.3 Å². The van der Waals surface area contributed by atoms with Crippen molar-refractivity contribution in [2.24, 2.45) is 10.7 Å². The zero-order valence-corrected chi connectivity index (χ0v) is 14.2. The Balaban J connectivity index is 1.95. The van der Waals surface area contributed by atoms with Crippen molar-refractivity contribution in [3.8, 4) is 0 Å². The summed E-state index contributed by atoms with van der Waals surface area (Å²) in [6.07, 6.45) is 4.44. The molecule has 1 aromatic carbocycles. The molecule has 0 unspecified atom stereocenters. The maximum atomic E-state index is 11.2. The number of benzene rings is 1. The summed E-state index contributed by atoms with van der Waals surface area (Å²) in [4.78, 5) is 15.6. The molecule has 0 aliphatic heterocycles. The molecule has 0 radical (unpaired) electrons. The quantitative estimate of drug-likeness (QED) is 0.407. The third kappa shape index (κ3) is 4.78. The van der Waals surface area contributed by atoms with Crippen LogP contribution in [-0.2, 0) is 4.79 Å². The minimum absolute atomic E-state index is 0.0649. The predicted molar refractivity (Wildman–Crippen MR) is 96.4 cm³/mol. The van der Waals surface area contributed by atoms with Gasteiger partial charge in [-0.15, -0.1) is 0 Å². The van der Waals surface area contributed by atoms with E-state index >= 15 is 0 Å². The van der Waals surface area contributed by atoms with Crippen LogP contribution in [-0.4, -0.2) is 47.5 Å². The summed E-state index contributed by atoms with van der Waals surface area (Å²) in [6.45, 7) is 6.68. The van der Waals surface area contributed by atoms with Crippen molar-refractivity contribution >= 4 is 22.9 Å². The molecule has 0 atom stereocenters. The normalized spacial score (nSPS) is 16.4. The summed E-state index contributed by atoms with van der Waals surface area (Å²) in [5.74, 6) is -0.122. The molecule has 0 saturated heterocycles. The number of nitrogens with one attached hydrogen (secondary N) is 1. The molecule has 0 aromatic heterocycles. The van der Waals surface area contributed by atoms with Crippen molar-refractivity contribution in [2.75, 3.05) is 31.5 Å². The number of hydrogen-bond acceptors (Lipinski definition) is 5. The lowest BCUT2D eigenvalue weighted by Gasteiger charge is -2.27. The lowest BCUT2D eigenvalue weighted by atomic mass is 10.1. The van der Waals surface area contributed by atoms with E-state index in [4.69, 9.17) is 5.73 Å². The lowest BCUT2D eigenvalue weighted by Crippen LogP contribution is -2.47. The maximum Gasteiger partial charge on any atom is 0.180 e. The van der Waals surface area contributed by atoms with E-state index in [2.05, 4.69) is 10.3 Å². The molecule has 0 spiro atoms. The van der Waals surface area contributed by atoms with Crippen LogP contribution in [0.4, 0.5) is 11.4 Å². The Kier molecular flexibility index (Phi) is 5.89. The van der Waals surface area contributed by atoms with Crippen molar-refractivity contribution in [3.05, 3.63) is 48.2 Å². The van der Waals surface area contributed by atoms with Crippen LogP contribution in [0.3, 0.4) is 0 Å². The molecule has 0 saturated carbocycles. The van der Waals surface area contributed by atoms with Gasteiger partial charge in [-0.2, -0.15) is 4.65 Å². The van der Waals surface area contributed by atoms with E-state index < -0.39 is 0 Å². The second kappa shape index (κ2) is 7.90. The number of hydrogen-bond donors (Lipinski definition) is 3. The molecule has 1 aliphatic rings. The number of likely N-dealkylation sites (N-methyl/N-ethyl adjacent to an activating group) is 1. The summed E-state index contributed by atoms with van der Waals surface area (Å²) in [5, 5.41) is 13.5. The van der Waals surface area contributed by atoms with E-state index in [0.29, 0.717) is 37.6 Å². The standard InChI is InChI=1S/C18H24N4O2/c1-3-22(24,4-2)12-11-20-14-5-7-15(8-6-14)21-18-10-9-16(23)13-17(18)19/h5-10,13,24H,3-4,11-12H2,1-2H3,(H2-,19,20,23)/p+1. The first kappa shape index (κ1) is 17.9. The van der Waals surface area contributed by atoms with Gasteiger partial charge >= 0.3 is 0 Å². The minimum Gasteiger partial charge on any atom is -0.397 e. The topological polar surface area (TPSA) is 87.7 Å². The highest BCUT2D eigenvalue weighted by Crippen LogP contribution is 2.18. The van der Waals surface area contributed by atoms with E-state index in [-0.39, 0.29) is 10.4 Å². The third-order valence-corrected chi connectivity index (χ3v) is 4.15. The number of carbonyl (C=O) groups excluding carboxylic acids is 1. The zero-order valence-electron chi connectivity index (χ0n) is 14.2. The first-order chi connectivity index (χ1) is 11.5. The third-order valence-electron chi connectivity index (χ3n) is 4.15. The van der Waals surface area contributed by atoms with Crippen LogP contribution in [0.2, 0.25) is 0 Å². The summed E-state index contributed by atoms with van der Waals surface area (Å²) in [7, 11) is 0. The molecular formula is C18H25N4O2+. The Morgan fingerprint density at radius 2 is 1.83 bits per heavy atom. The number of aliphatic imine (C=N–C) groups is 1. The molecular weight excluding hydrogens is 304 g/mol. The van der Waals surface area contributed by atoms with E-state index in [0.717, 1.165) is 11.4 Å². The molecule has 6 nitrogen and oxygen atoms in total. The largest absolute Gasteiger partial charge is 0.397 e. The first-order valence-corrected chi connectivity index (χ1v) is 8.17. The average Bonchev–Trinajstić information content (AvgIpc) is 2.58. The summed E-state index contributed by atoms with van der Waals surface area (Å²) >= 11 is 0. The van der Waals surface area contributed by atoms with Gasteiger partial charge in [0.05, 0.1) is 23.6 Å². The summed E-state index contributed by atoms with van der Waals surface area (Å²) in [6, 6.07) is 7.63. The number of allylic oxidation sites excluding steroid dienone is 3. The molecule has 24 heavy (non-hydrogen) atoms. The van der Waals surface area contributed by atoms with Gasteiger partial charge in [-0.3, -0.25) is 4.79 Å². The molecule has 0 fully saturated rings. The Hall–Kier alpha value is -2.44. The molecule has 0 amide bonds. The van der Waals surface area contributed by atoms with Crippen LogP contribution < -0.4 is 11.1 Å². The van der Waals surface area contributed by atoms with Gasteiger partial charge in [0.2, 0.25) is 0 Å². The number of ketones is 1. The first-order valence-electron chi connectivity index (χ1n) is 8.17. The molecule has 1 aliphatic carbocycles. The van der Waals surface area contributed by atoms with Crippen LogP contribution in [0, 0.1) is 0 Å². The van der Waals surface area contributed by atoms with Crippen LogP contribution in [0.5, 0.6) is 0 Å². The summed E-state index contributed by atoms with van der Waals surface area (Å²) < 4.78 is 0.0649. The molecule has 128 valence electrons. The van der Waals surface area contributed by atoms with Gasteiger partial charge in [0.15, 0.2) is 5.78 Å². The maximum absolute atomic E-state index is 11.2. The smallest absolute Gasteiger partial charge is 0.180 e. The molecule has 0 bridgehead atoms. The lowest BCUT2D eigenvalue weighted by molar-refractivity contribution is -1.10. The molecule has 4 N–H and O–H groups in total. The van der Waals surface area contributed by atoms with Crippen molar-refractivity contribution in [1.82, 2.24) is 0 Å².